The molecule has 0 saturated carbocycles. The van der Waals surface area contributed by atoms with Crippen LogP contribution in [0.4, 0.5) is 5.82 Å². The Hall–Kier alpha value is -3.39. The molecule has 0 aliphatic carbocycles. The van der Waals surface area contributed by atoms with Crippen molar-refractivity contribution < 1.29 is 14.3 Å². The van der Waals surface area contributed by atoms with Gasteiger partial charge in [0.15, 0.2) is 0 Å². The third kappa shape index (κ3) is 3.86. The predicted molar refractivity (Wildman–Crippen MR) is 118 cm³/mol. The van der Waals surface area contributed by atoms with Crippen LogP contribution in [0.3, 0.4) is 0 Å². The lowest BCUT2D eigenvalue weighted by atomic mass is 10.2. The number of nitrogens with one attached hydrogen (secondary N) is 1. The molecule has 0 atom stereocenters. The number of rotatable bonds is 7. The number of hydrogen-bond donors (Lipinski definition) is 1. The van der Waals surface area contributed by atoms with Crippen LogP contribution in [0.25, 0.3) is 16.9 Å². The van der Waals surface area contributed by atoms with Gasteiger partial charge in [0, 0.05) is 10.9 Å². The molecule has 4 aromatic rings. The zero-order chi connectivity index (χ0) is 21.1. The number of benzene rings is 1. The number of imidazole rings is 1. The smallest absolute Gasteiger partial charge is 0.341 e. The van der Waals surface area contributed by atoms with Crippen molar-refractivity contribution in [2.75, 3.05) is 19.0 Å². The number of thiophene rings is 1. The molecule has 0 fully saturated rings. The Bertz CT molecular complexity index is 1180. The Morgan fingerprint density at radius 3 is 2.87 bits per heavy atom. The van der Waals surface area contributed by atoms with Crippen LogP contribution in [0.15, 0.2) is 48.1 Å². The molecule has 0 amide bonds. The summed E-state index contributed by atoms with van der Waals surface area (Å²) in [5.41, 5.74) is 3.13. The first kappa shape index (κ1) is 19.9. The minimum absolute atomic E-state index is 0.302. The summed E-state index contributed by atoms with van der Waals surface area (Å²) in [6.45, 7) is 4.64. The molecule has 154 valence electrons. The standard InChI is InChI=1S/C22H22N4O3S/c1-4-29-22(27)16-7-8-20(25-21(16)23-12-15-6-5-9-30-15)26-13-24-17-10-14(2)19(28-3)11-18(17)26/h5-11,13H,4,12H2,1-3H3,(H,23,25). The van der Waals surface area contributed by atoms with Crippen LogP contribution in [-0.2, 0) is 11.3 Å². The SMILES string of the molecule is CCOC(=O)c1ccc(-n2cnc3cc(C)c(OC)cc32)nc1NCc1cccs1. The van der Waals surface area contributed by atoms with Crippen LogP contribution in [0.2, 0.25) is 0 Å². The van der Waals surface area contributed by atoms with Gasteiger partial charge in [0.05, 0.1) is 31.3 Å². The van der Waals surface area contributed by atoms with Crippen molar-refractivity contribution in [2.24, 2.45) is 0 Å². The number of hydrogen-bond acceptors (Lipinski definition) is 7. The molecule has 0 aliphatic rings. The Morgan fingerprint density at radius 1 is 1.27 bits per heavy atom. The maximum Gasteiger partial charge on any atom is 0.341 e. The molecule has 4 rings (SSSR count). The van der Waals surface area contributed by atoms with Gasteiger partial charge in [0.25, 0.3) is 0 Å². The van der Waals surface area contributed by atoms with E-state index in [-0.39, 0.29) is 0 Å². The topological polar surface area (TPSA) is 78.3 Å². The zero-order valence-electron chi connectivity index (χ0n) is 17.0. The molecule has 1 aromatic carbocycles. The summed E-state index contributed by atoms with van der Waals surface area (Å²) >= 11 is 1.64. The second-order valence-electron chi connectivity index (χ2n) is 6.64. The summed E-state index contributed by atoms with van der Waals surface area (Å²) in [6.07, 6.45) is 1.72. The van der Waals surface area contributed by atoms with E-state index in [9.17, 15) is 4.79 Å². The number of esters is 1. The number of fused-ring (bicyclic) bond motifs is 1. The Balaban J connectivity index is 1.76. The average Bonchev–Trinajstić information content (AvgIpc) is 3.41. The van der Waals surface area contributed by atoms with Crippen molar-refractivity contribution in [1.82, 2.24) is 14.5 Å². The van der Waals surface area contributed by atoms with Crippen molar-refractivity contribution >= 4 is 34.2 Å². The molecular weight excluding hydrogens is 400 g/mol. The molecule has 1 N–H and O–H groups in total. The number of ether oxygens (including phenoxy) is 2. The van der Waals surface area contributed by atoms with Crippen LogP contribution >= 0.6 is 11.3 Å². The Morgan fingerprint density at radius 2 is 2.13 bits per heavy atom. The summed E-state index contributed by atoms with van der Waals surface area (Å²) in [7, 11) is 1.65. The van der Waals surface area contributed by atoms with Crippen molar-refractivity contribution in [1.29, 1.82) is 0 Å². The number of anilines is 1. The highest BCUT2D eigenvalue weighted by atomic mass is 32.1. The molecule has 7 nitrogen and oxygen atoms in total. The summed E-state index contributed by atoms with van der Waals surface area (Å²) in [5.74, 6) is 1.49. The normalized spacial score (nSPS) is 10.9. The first-order valence-corrected chi connectivity index (χ1v) is 10.4. The lowest BCUT2D eigenvalue weighted by Crippen LogP contribution is -2.12. The van der Waals surface area contributed by atoms with Gasteiger partial charge in [0.1, 0.15) is 29.3 Å². The van der Waals surface area contributed by atoms with E-state index in [0.717, 1.165) is 27.2 Å². The van der Waals surface area contributed by atoms with E-state index in [1.165, 1.54) is 0 Å². The van der Waals surface area contributed by atoms with Crippen LogP contribution in [-0.4, -0.2) is 34.2 Å². The van der Waals surface area contributed by atoms with E-state index in [1.807, 2.05) is 41.1 Å². The highest BCUT2D eigenvalue weighted by molar-refractivity contribution is 7.09. The van der Waals surface area contributed by atoms with Crippen LogP contribution < -0.4 is 10.1 Å². The van der Waals surface area contributed by atoms with Gasteiger partial charge in [-0.1, -0.05) is 6.07 Å². The molecule has 0 aliphatic heterocycles. The van der Waals surface area contributed by atoms with Crippen LogP contribution in [0.1, 0.15) is 27.7 Å². The van der Waals surface area contributed by atoms with Crippen LogP contribution in [0, 0.1) is 6.92 Å². The number of aryl methyl sites for hydroxylation is 1. The molecule has 0 unspecified atom stereocenters. The van der Waals surface area contributed by atoms with Gasteiger partial charge < -0.3 is 14.8 Å². The molecule has 30 heavy (non-hydrogen) atoms. The summed E-state index contributed by atoms with van der Waals surface area (Å²) in [6, 6.07) is 11.5. The highest BCUT2D eigenvalue weighted by Crippen LogP contribution is 2.27. The molecule has 0 bridgehead atoms. The second-order valence-corrected chi connectivity index (χ2v) is 7.68. The molecule has 0 radical (unpaired) electrons. The third-order valence-corrected chi connectivity index (χ3v) is 5.57. The molecule has 0 spiro atoms. The number of carbonyl (C=O) groups excluding carboxylic acids is 1. The number of carbonyl (C=O) groups is 1. The zero-order valence-corrected chi connectivity index (χ0v) is 17.8. The summed E-state index contributed by atoms with van der Waals surface area (Å²) in [4.78, 5) is 22.8. The van der Waals surface area contributed by atoms with E-state index in [4.69, 9.17) is 14.5 Å². The number of aromatic nitrogens is 3. The highest BCUT2D eigenvalue weighted by Gasteiger charge is 2.17. The van der Waals surface area contributed by atoms with E-state index in [0.29, 0.717) is 30.4 Å². The van der Waals surface area contributed by atoms with E-state index in [1.54, 1.807) is 43.8 Å². The van der Waals surface area contributed by atoms with Crippen LogP contribution in [0.5, 0.6) is 5.75 Å². The molecule has 0 saturated heterocycles. The van der Waals surface area contributed by atoms with Gasteiger partial charge in [-0.05, 0) is 49.1 Å². The number of nitrogens with zero attached hydrogens (tertiary/aromatic N) is 3. The predicted octanol–water partition coefficient (Wildman–Crippen LogP) is 4.59. The fraction of sp³-hybridized carbons (Fsp3) is 0.227. The molecular formula is C22H22N4O3S. The maximum absolute atomic E-state index is 12.4. The molecule has 3 heterocycles. The Kier molecular flexibility index (Phi) is 5.67. The van der Waals surface area contributed by atoms with Crippen molar-refractivity contribution in [3.05, 3.63) is 64.1 Å². The van der Waals surface area contributed by atoms with Gasteiger partial charge in [-0.25, -0.2) is 14.8 Å². The minimum Gasteiger partial charge on any atom is -0.496 e. The van der Waals surface area contributed by atoms with Gasteiger partial charge >= 0.3 is 5.97 Å². The number of pyridine rings is 1. The maximum atomic E-state index is 12.4. The largest absolute Gasteiger partial charge is 0.496 e. The first-order valence-electron chi connectivity index (χ1n) is 9.57. The van der Waals surface area contributed by atoms with Gasteiger partial charge in [-0.3, -0.25) is 4.57 Å². The van der Waals surface area contributed by atoms with Crippen molar-refractivity contribution in [3.63, 3.8) is 0 Å². The fourth-order valence-electron chi connectivity index (χ4n) is 3.22. The molecule has 8 heteroatoms. The minimum atomic E-state index is -0.405. The van der Waals surface area contributed by atoms with E-state index < -0.39 is 5.97 Å². The third-order valence-electron chi connectivity index (χ3n) is 4.70. The lowest BCUT2D eigenvalue weighted by Gasteiger charge is -2.13. The van der Waals surface area contributed by atoms with Gasteiger partial charge in [0.2, 0.25) is 0 Å². The Labute approximate surface area is 178 Å². The van der Waals surface area contributed by atoms with Gasteiger partial charge in [-0.2, -0.15) is 0 Å². The van der Waals surface area contributed by atoms with Crippen molar-refractivity contribution in [3.8, 4) is 11.6 Å². The van der Waals surface area contributed by atoms with E-state index >= 15 is 0 Å². The molecule has 3 aromatic heterocycles. The average molecular weight is 423 g/mol. The van der Waals surface area contributed by atoms with Crippen molar-refractivity contribution in [2.45, 2.75) is 20.4 Å². The monoisotopic (exact) mass is 422 g/mol. The van der Waals surface area contributed by atoms with E-state index in [2.05, 4.69) is 10.3 Å². The second kappa shape index (κ2) is 8.54. The lowest BCUT2D eigenvalue weighted by molar-refractivity contribution is 0.0527. The first-order chi connectivity index (χ1) is 14.6. The summed E-state index contributed by atoms with van der Waals surface area (Å²) < 4.78 is 12.5. The number of methoxy groups -OCH3 is 1. The summed E-state index contributed by atoms with van der Waals surface area (Å²) in [5, 5.41) is 5.29. The fourth-order valence-corrected chi connectivity index (χ4v) is 3.86. The van der Waals surface area contributed by atoms with Gasteiger partial charge in [-0.15, -0.1) is 11.3 Å². The quantitative estimate of drug-likeness (QED) is 0.439.